The molecular weight excluding hydrogens is 500 g/mol. The van der Waals surface area contributed by atoms with Crippen molar-refractivity contribution < 1.29 is 14.6 Å². The van der Waals surface area contributed by atoms with Gasteiger partial charge in [0.05, 0.1) is 19.1 Å². The van der Waals surface area contributed by atoms with Gasteiger partial charge in [-0.3, -0.25) is 9.36 Å². The molecule has 0 aliphatic rings. The van der Waals surface area contributed by atoms with Gasteiger partial charge in [0.1, 0.15) is 11.5 Å². The number of phenols is 1. The van der Waals surface area contributed by atoms with Gasteiger partial charge in [0.2, 0.25) is 0 Å². The van der Waals surface area contributed by atoms with Crippen LogP contribution in [0.3, 0.4) is 0 Å². The molecule has 0 aliphatic heterocycles. The number of hydrogen-bond donors (Lipinski definition) is 2. The van der Waals surface area contributed by atoms with E-state index in [1.807, 2.05) is 65.2 Å². The molecule has 1 amide bonds. The van der Waals surface area contributed by atoms with Crippen LogP contribution < -0.4 is 15.1 Å². The summed E-state index contributed by atoms with van der Waals surface area (Å²) in [6.07, 6.45) is 1.43. The SMILES string of the molecule is CCN(CC)c1ccc(/C=N\NC(=O)CSc2nnc(-c3ccc(OC)cc3)n2-c2ccccc2)c(O)c1. The molecule has 4 rings (SSSR count). The Kier molecular flexibility index (Phi) is 8.99. The summed E-state index contributed by atoms with van der Waals surface area (Å²) in [7, 11) is 1.62. The lowest BCUT2D eigenvalue weighted by Crippen LogP contribution is -2.21. The minimum Gasteiger partial charge on any atom is -0.507 e. The van der Waals surface area contributed by atoms with Crippen molar-refractivity contribution >= 4 is 29.6 Å². The topological polar surface area (TPSA) is 105 Å². The van der Waals surface area contributed by atoms with Crippen LogP contribution in [0.5, 0.6) is 11.5 Å². The van der Waals surface area contributed by atoms with Crippen molar-refractivity contribution in [2.45, 2.75) is 19.0 Å². The fourth-order valence-electron chi connectivity index (χ4n) is 3.86. The molecule has 0 saturated carbocycles. The molecule has 38 heavy (non-hydrogen) atoms. The normalized spacial score (nSPS) is 11.0. The second-order valence-corrected chi connectivity index (χ2v) is 9.15. The molecule has 0 radical (unpaired) electrons. The number of nitrogens with zero attached hydrogens (tertiary/aromatic N) is 5. The summed E-state index contributed by atoms with van der Waals surface area (Å²) in [5.74, 6) is 1.28. The van der Waals surface area contributed by atoms with Gasteiger partial charge in [0.15, 0.2) is 11.0 Å². The molecule has 9 nitrogen and oxygen atoms in total. The zero-order chi connectivity index (χ0) is 26.9. The average Bonchev–Trinajstić information content (AvgIpc) is 3.38. The lowest BCUT2D eigenvalue weighted by Gasteiger charge is -2.21. The van der Waals surface area contributed by atoms with Crippen LogP contribution in [0.15, 0.2) is 83.1 Å². The summed E-state index contributed by atoms with van der Waals surface area (Å²) in [6, 6.07) is 22.7. The Balaban J connectivity index is 1.44. The first-order valence-corrected chi connectivity index (χ1v) is 13.2. The van der Waals surface area contributed by atoms with Crippen LogP contribution in [0, 0.1) is 0 Å². The van der Waals surface area contributed by atoms with Crippen molar-refractivity contribution in [1.82, 2.24) is 20.2 Å². The number of hydrogen-bond acceptors (Lipinski definition) is 8. The Hall–Kier alpha value is -4.31. The average molecular weight is 531 g/mol. The minimum absolute atomic E-state index is 0.0812. The van der Waals surface area contributed by atoms with Gasteiger partial charge >= 0.3 is 0 Å². The number of aromatic hydroxyl groups is 1. The molecule has 4 aromatic rings. The number of nitrogens with one attached hydrogen (secondary N) is 1. The van der Waals surface area contributed by atoms with E-state index in [2.05, 4.69) is 39.5 Å². The number of phenolic OH excluding ortho intramolecular Hbond substituents is 1. The summed E-state index contributed by atoms with van der Waals surface area (Å²) < 4.78 is 7.18. The van der Waals surface area contributed by atoms with Crippen molar-refractivity contribution in [3.8, 4) is 28.6 Å². The molecule has 2 N–H and O–H groups in total. The molecule has 0 aliphatic carbocycles. The zero-order valence-corrected chi connectivity index (χ0v) is 22.4. The zero-order valence-electron chi connectivity index (χ0n) is 21.5. The minimum atomic E-state index is -0.306. The lowest BCUT2D eigenvalue weighted by molar-refractivity contribution is -0.118. The van der Waals surface area contributed by atoms with E-state index in [1.165, 1.54) is 18.0 Å². The summed E-state index contributed by atoms with van der Waals surface area (Å²) >= 11 is 1.26. The number of rotatable bonds is 11. The molecule has 1 aromatic heterocycles. The van der Waals surface area contributed by atoms with Gasteiger partial charge in [-0.2, -0.15) is 5.10 Å². The van der Waals surface area contributed by atoms with Crippen molar-refractivity contribution in [2.75, 3.05) is 30.9 Å². The maximum absolute atomic E-state index is 12.5. The van der Waals surface area contributed by atoms with E-state index in [0.29, 0.717) is 16.5 Å². The number of methoxy groups -OCH3 is 1. The molecule has 0 unspecified atom stereocenters. The fourth-order valence-corrected chi connectivity index (χ4v) is 4.61. The van der Waals surface area contributed by atoms with Crippen LogP contribution in [0.1, 0.15) is 19.4 Å². The summed E-state index contributed by atoms with van der Waals surface area (Å²) in [5, 5.41) is 23.7. The summed E-state index contributed by atoms with van der Waals surface area (Å²) in [5.41, 5.74) is 5.72. The number of aromatic nitrogens is 3. The van der Waals surface area contributed by atoms with E-state index >= 15 is 0 Å². The monoisotopic (exact) mass is 530 g/mol. The van der Waals surface area contributed by atoms with Crippen LogP contribution >= 0.6 is 11.8 Å². The molecular formula is C28H30N6O3S. The van der Waals surface area contributed by atoms with Crippen molar-refractivity contribution in [3.63, 3.8) is 0 Å². The predicted molar refractivity (Wildman–Crippen MR) is 151 cm³/mol. The molecule has 0 fully saturated rings. The van der Waals surface area contributed by atoms with E-state index < -0.39 is 0 Å². The summed E-state index contributed by atoms with van der Waals surface area (Å²) in [4.78, 5) is 14.7. The number of carbonyl (C=O) groups is 1. The number of hydrazone groups is 1. The number of para-hydroxylation sites is 1. The Morgan fingerprint density at radius 1 is 1.08 bits per heavy atom. The smallest absolute Gasteiger partial charge is 0.250 e. The van der Waals surface area contributed by atoms with Gasteiger partial charge in [0.25, 0.3) is 5.91 Å². The third-order valence-electron chi connectivity index (χ3n) is 5.86. The van der Waals surface area contributed by atoms with Crippen molar-refractivity contribution in [1.29, 1.82) is 0 Å². The first kappa shape index (κ1) is 26.7. The number of carbonyl (C=O) groups excluding carboxylic acids is 1. The van der Waals surface area contributed by atoms with Gasteiger partial charge < -0.3 is 14.7 Å². The first-order valence-electron chi connectivity index (χ1n) is 12.2. The highest BCUT2D eigenvalue weighted by molar-refractivity contribution is 7.99. The number of ether oxygens (including phenoxy) is 1. The Bertz CT molecular complexity index is 1390. The molecule has 0 spiro atoms. The molecule has 0 bridgehead atoms. The quantitative estimate of drug-likeness (QED) is 0.164. The standard InChI is InChI=1S/C28H30N6O3S/c1-4-33(5-2)23-14-11-21(25(35)17-23)18-29-30-26(36)19-38-28-32-31-27(20-12-15-24(37-3)16-13-20)34(28)22-9-7-6-8-10-22/h6-18,35H,4-5,19H2,1-3H3,(H,30,36)/b29-18-. The van der Waals surface area contributed by atoms with Crippen molar-refractivity contribution in [2.24, 2.45) is 5.10 Å². The molecule has 0 atom stereocenters. The maximum Gasteiger partial charge on any atom is 0.250 e. The van der Waals surface area contributed by atoms with Crippen LogP contribution in [0.25, 0.3) is 17.1 Å². The largest absolute Gasteiger partial charge is 0.507 e. The Morgan fingerprint density at radius 3 is 2.47 bits per heavy atom. The van der Waals surface area contributed by atoms with Gasteiger partial charge in [-0.25, -0.2) is 5.43 Å². The van der Waals surface area contributed by atoms with E-state index in [4.69, 9.17) is 4.74 Å². The Morgan fingerprint density at radius 2 is 1.82 bits per heavy atom. The molecule has 10 heteroatoms. The molecule has 1 heterocycles. The predicted octanol–water partition coefficient (Wildman–Crippen LogP) is 4.74. The number of amides is 1. The van der Waals surface area contributed by atoms with E-state index in [9.17, 15) is 9.90 Å². The van der Waals surface area contributed by atoms with Crippen LogP contribution in [-0.2, 0) is 4.79 Å². The van der Waals surface area contributed by atoms with E-state index in [-0.39, 0.29) is 17.4 Å². The highest BCUT2D eigenvalue weighted by Gasteiger charge is 2.17. The maximum atomic E-state index is 12.5. The second kappa shape index (κ2) is 12.8. The Labute approximate surface area is 226 Å². The van der Waals surface area contributed by atoms with Crippen LogP contribution in [0.2, 0.25) is 0 Å². The van der Waals surface area contributed by atoms with E-state index in [0.717, 1.165) is 35.8 Å². The van der Waals surface area contributed by atoms with Gasteiger partial charge in [-0.15, -0.1) is 10.2 Å². The van der Waals surface area contributed by atoms with Crippen LogP contribution in [0.4, 0.5) is 5.69 Å². The number of benzene rings is 3. The van der Waals surface area contributed by atoms with Gasteiger partial charge in [-0.1, -0.05) is 30.0 Å². The highest BCUT2D eigenvalue weighted by atomic mass is 32.2. The highest BCUT2D eigenvalue weighted by Crippen LogP contribution is 2.29. The van der Waals surface area contributed by atoms with Crippen LogP contribution in [-0.4, -0.2) is 57.9 Å². The lowest BCUT2D eigenvalue weighted by atomic mass is 10.2. The molecule has 3 aromatic carbocycles. The summed E-state index contributed by atoms with van der Waals surface area (Å²) in [6.45, 7) is 5.81. The van der Waals surface area contributed by atoms with E-state index in [1.54, 1.807) is 19.2 Å². The molecule has 196 valence electrons. The number of anilines is 1. The third kappa shape index (κ3) is 6.33. The third-order valence-corrected chi connectivity index (χ3v) is 6.79. The van der Waals surface area contributed by atoms with Crippen molar-refractivity contribution in [3.05, 3.63) is 78.4 Å². The second-order valence-electron chi connectivity index (χ2n) is 8.20. The fraction of sp³-hybridized carbons (Fsp3) is 0.214. The first-order chi connectivity index (χ1) is 18.5. The van der Waals surface area contributed by atoms with Gasteiger partial charge in [-0.05, 0) is 62.4 Å². The van der Waals surface area contributed by atoms with Gasteiger partial charge in [0, 0.05) is 41.7 Å². The molecule has 0 saturated heterocycles. The number of thioether (sulfide) groups is 1.